The van der Waals surface area contributed by atoms with Crippen molar-refractivity contribution in [2.75, 3.05) is 43.0 Å². The van der Waals surface area contributed by atoms with Crippen LogP contribution >= 0.6 is 0 Å². The summed E-state index contributed by atoms with van der Waals surface area (Å²) in [5, 5.41) is 7.45. The van der Waals surface area contributed by atoms with Crippen molar-refractivity contribution in [1.29, 1.82) is 0 Å². The lowest BCUT2D eigenvalue weighted by Gasteiger charge is -2.35. The molecule has 9 heteroatoms. The smallest absolute Gasteiger partial charge is 0.338 e. The number of benzene rings is 2. The topological polar surface area (TPSA) is 96.8 Å². The molecule has 2 aromatic carbocycles. The minimum atomic E-state index is -0.390. The largest absolute Gasteiger partial charge is 0.462 e. The van der Waals surface area contributed by atoms with E-state index in [2.05, 4.69) is 15.3 Å². The number of amides is 2. The molecule has 0 radical (unpaired) electrons. The number of ether oxygens (including phenoxy) is 1. The van der Waals surface area contributed by atoms with Crippen LogP contribution in [0, 0.1) is 13.8 Å². The molecule has 9 nitrogen and oxygen atoms in total. The highest BCUT2D eigenvalue weighted by atomic mass is 16.5. The van der Waals surface area contributed by atoms with Crippen molar-refractivity contribution in [2.24, 2.45) is 0 Å². The third-order valence-electron chi connectivity index (χ3n) is 6.06. The molecule has 1 N–H and O–H groups in total. The SMILES string of the molecule is CCOC(=O)c1ccc(NC(=O)N2CCN(c3ccc(=O)n(-c4ccc(C)c(C)c4)n3)CC2)cc1. The Balaban J connectivity index is 1.38. The Hall–Kier alpha value is -4.14. The van der Waals surface area contributed by atoms with Crippen molar-refractivity contribution in [2.45, 2.75) is 20.8 Å². The predicted octanol–water partition coefficient (Wildman–Crippen LogP) is 3.38. The zero-order valence-corrected chi connectivity index (χ0v) is 20.2. The predicted molar refractivity (Wildman–Crippen MR) is 135 cm³/mol. The molecule has 0 unspecified atom stereocenters. The van der Waals surface area contributed by atoms with Crippen LogP contribution in [-0.4, -0.2) is 59.5 Å². The number of anilines is 2. The van der Waals surface area contributed by atoms with Crippen molar-refractivity contribution >= 4 is 23.5 Å². The summed E-state index contributed by atoms with van der Waals surface area (Å²) in [5.74, 6) is 0.302. The third kappa shape index (κ3) is 5.51. The van der Waals surface area contributed by atoms with Gasteiger partial charge in [-0.05, 0) is 74.4 Å². The average Bonchev–Trinajstić information content (AvgIpc) is 2.87. The molecule has 1 fully saturated rings. The fourth-order valence-electron chi connectivity index (χ4n) is 3.86. The summed E-state index contributed by atoms with van der Waals surface area (Å²) in [5.41, 5.74) is 3.83. The minimum Gasteiger partial charge on any atom is -0.462 e. The molecule has 0 aliphatic carbocycles. The molecule has 2 heterocycles. The van der Waals surface area contributed by atoms with Gasteiger partial charge in [0, 0.05) is 37.9 Å². The summed E-state index contributed by atoms with van der Waals surface area (Å²) >= 11 is 0. The van der Waals surface area contributed by atoms with Crippen molar-refractivity contribution in [3.05, 3.63) is 81.6 Å². The lowest BCUT2D eigenvalue weighted by molar-refractivity contribution is 0.0526. The quantitative estimate of drug-likeness (QED) is 0.569. The fraction of sp³-hybridized carbons (Fsp3) is 0.308. The molecule has 1 aliphatic rings. The molecule has 0 saturated carbocycles. The van der Waals surface area contributed by atoms with Gasteiger partial charge < -0.3 is 19.9 Å². The maximum atomic E-state index is 12.7. The summed E-state index contributed by atoms with van der Waals surface area (Å²) in [6, 6.07) is 15.5. The molecule has 0 spiro atoms. The van der Waals surface area contributed by atoms with Crippen LogP contribution < -0.4 is 15.8 Å². The maximum absolute atomic E-state index is 12.7. The molecular weight excluding hydrogens is 446 g/mol. The van der Waals surface area contributed by atoms with Crippen LogP contribution in [-0.2, 0) is 4.74 Å². The molecule has 3 aromatic rings. The number of nitrogens with one attached hydrogen (secondary N) is 1. The van der Waals surface area contributed by atoms with E-state index in [9.17, 15) is 14.4 Å². The van der Waals surface area contributed by atoms with Gasteiger partial charge in [0.15, 0.2) is 0 Å². The number of piperazine rings is 1. The number of hydrogen-bond acceptors (Lipinski definition) is 6. The van der Waals surface area contributed by atoms with Crippen LogP contribution in [0.5, 0.6) is 0 Å². The number of carbonyl (C=O) groups excluding carboxylic acids is 2. The Morgan fingerprint density at radius 3 is 2.31 bits per heavy atom. The van der Waals surface area contributed by atoms with Crippen LogP contribution in [0.25, 0.3) is 5.69 Å². The van der Waals surface area contributed by atoms with Gasteiger partial charge in [0.1, 0.15) is 5.82 Å². The highest BCUT2D eigenvalue weighted by molar-refractivity contribution is 5.92. The molecule has 1 aliphatic heterocycles. The Morgan fingerprint density at radius 1 is 0.943 bits per heavy atom. The third-order valence-corrected chi connectivity index (χ3v) is 6.06. The van der Waals surface area contributed by atoms with E-state index in [1.807, 2.05) is 32.0 Å². The van der Waals surface area contributed by atoms with Gasteiger partial charge in [-0.2, -0.15) is 4.68 Å². The van der Waals surface area contributed by atoms with Gasteiger partial charge in [-0.1, -0.05) is 6.07 Å². The van der Waals surface area contributed by atoms with E-state index in [0.29, 0.717) is 49.9 Å². The second kappa shape index (κ2) is 10.4. The van der Waals surface area contributed by atoms with Crippen molar-refractivity contribution in [3.8, 4) is 5.69 Å². The number of aromatic nitrogens is 2. The first kappa shape index (κ1) is 24.0. The lowest BCUT2D eigenvalue weighted by atomic mass is 10.1. The molecule has 35 heavy (non-hydrogen) atoms. The Kier molecular flexibility index (Phi) is 7.14. The van der Waals surface area contributed by atoms with E-state index in [1.54, 1.807) is 42.2 Å². The van der Waals surface area contributed by atoms with Gasteiger partial charge in [-0.25, -0.2) is 9.59 Å². The maximum Gasteiger partial charge on any atom is 0.338 e. The van der Waals surface area contributed by atoms with Crippen LogP contribution in [0.15, 0.2) is 59.4 Å². The monoisotopic (exact) mass is 475 g/mol. The van der Waals surface area contributed by atoms with Crippen LogP contribution in [0.2, 0.25) is 0 Å². The zero-order chi connectivity index (χ0) is 24.9. The number of rotatable bonds is 5. The van der Waals surface area contributed by atoms with E-state index in [1.165, 1.54) is 10.7 Å². The number of esters is 1. The number of urea groups is 1. The molecule has 182 valence electrons. The Labute approximate surface area is 203 Å². The first-order valence-electron chi connectivity index (χ1n) is 11.6. The molecule has 4 rings (SSSR count). The second-order valence-corrected chi connectivity index (χ2v) is 8.41. The molecule has 0 atom stereocenters. The first-order chi connectivity index (χ1) is 16.9. The van der Waals surface area contributed by atoms with Crippen molar-refractivity contribution < 1.29 is 14.3 Å². The first-order valence-corrected chi connectivity index (χ1v) is 11.6. The van der Waals surface area contributed by atoms with Gasteiger partial charge in [-0.15, -0.1) is 5.10 Å². The van der Waals surface area contributed by atoms with Crippen LogP contribution in [0.1, 0.15) is 28.4 Å². The standard InChI is InChI=1S/C26H29N5O4/c1-4-35-25(33)20-6-8-21(9-7-20)27-26(34)30-15-13-29(14-16-30)23-11-12-24(32)31(28-23)22-10-5-18(2)19(3)17-22/h5-12,17H,4,13-16H2,1-3H3,(H,27,34). The molecule has 0 bridgehead atoms. The normalized spacial score (nSPS) is 13.5. The summed E-state index contributed by atoms with van der Waals surface area (Å²) in [6.07, 6.45) is 0. The molecule has 2 amide bonds. The van der Waals surface area contributed by atoms with Gasteiger partial charge in [0.25, 0.3) is 5.56 Å². The number of hydrogen-bond donors (Lipinski definition) is 1. The average molecular weight is 476 g/mol. The second-order valence-electron chi connectivity index (χ2n) is 8.41. The van der Waals surface area contributed by atoms with Crippen molar-refractivity contribution in [3.63, 3.8) is 0 Å². The Bertz CT molecular complexity index is 1280. The highest BCUT2D eigenvalue weighted by Gasteiger charge is 2.23. The van der Waals surface area contributed by atoms with Gasteiger partial charge in [-0.3, -0.25) is 4.79 Å². The summed E-state index contributed by atoms with van der Waals surface area (Å²) < 4.78 is 6.39. The van der Waals surface area contributed by atoms with Gasteiger partial charge in [0.2, 0.25) is 0 Å². The van der Waals surface area contributed by atoms with E-state index in [0.717, 1.165) is 16.8 Å². The fourth-order valence-corrected chi connectivity index (χ4v) is 3.86. The highest BCUT2D eigenvalue weighted by Crippen LogP contribution is 2.17. The van der Waals surface area contributed by atoms with Crippen LogP contribution in [0.3, 0.4) is 0 Å². The van der Waals surface area contributed by atoms with Crippen LogP contribution in [0.4, 0.5) is 16.3 Å². The molecule has 1 aromatic heterocycles. The van der Waals surface area contributed by atoms with E-state index < -0.39 is 0 Å². The van der Waals surface area contributed by atoms with E-state index in [-0.39, 0.29) is 17.6 Å². The Morgan fingerprint density at radius 2 is 1.66 bits per heavy atom. The van der Waals surface area contributed by atoms with Gasteiger partial charge >= 0.3 is 12.0 Å². The zero-order valence-electron chi connectivity index (χ0n) is 20.2. The van der Waals surface area contributed by atoms with Gasteiger partial charge in [0.05, 0.1) is 17.9 Å². The van der Waals surface area contributed by atoms with E-state index in [4.69, 9.17) is 4.74 Å². The number of nitrogens with zero attached hydrogens (tertiary/aromatic N) is 4. The summed E-state index contributed by atoms with van der Waals surface area (Å²) in [6.45, 7) is 8.30. The summed E-state index contributed by atoms with van der Waals surface area (Å²) in [7, 11) is 0. The lowest BCUT2D eigenvalue weighted by Crippen LogP contribution is -2.50. The molecule has 1 saturated heterocycles. The number of carbonyl (C=O) groups is 2. The molecular formula is C26H29N5O4. The number of aryl methyl sites for hydroxylation is 2. The van der Waals surface area contributed by atoms with E-state index >= 15 is 0 Å². The summed E-state index contributed by atoms with van der Waals surface area (Å²) in [4.78, 5) is 40.7. The minimum absolute atomic E-state index is 0.191. The van der Waals surface area contributed by atoms with Crippen molar-refractivity contribution in [1.82, 2.24) is 14.7 Å².